The molecule has 3 saturated carbocycles. The largest absolute Gasteiger partial charge is 0.380 e. The molecule has 5 rings (SSSR count). The lowest BCUT2D eigenvalue weighted by Gasteiger charge is -2.58. The molecule has 0 spiro atoms. The van der Waals surface area contributed by atoms with E-state index in [1.807, 2.05) is 7.11 Å². The molecule has 10 atom stereocenters. The van der Waals surface area contributed by atoms with Gasteiger partial charge in [0.05, 0.1) is 51.3 Å². The van der Waals surface area contributed by atoms with Gasteiger partial charge in [-0.2, -0.15) is 0 Å². The standard InChI is InChI=1S/C57H103NO5/c1-8-9-10-11-12-13-14-15-16-17-18-19-20-21-22-23-37-61-45-51(44-58-36-33-50(43-58)59-7)63-41-39-60-38-40-62-49-31-34-56(5)48(42-49)27-28-52-54-30-29-53(47(4)26-24-25-46(2)3)57(54,6)35-32-55(52)56/h15-16,27,46-47,49-55H,8-14,17-26,28-45H2,1-7H3/b16-15-/t47-,49+,50?,51?,52+,53-,54+,55+,56+,57-/m1/s1. The van der Waals surface area contributed by atoms with Gasteiger partial charge in [-0.25, -0.2) is 0 Å². The highest BCUT2D eigenvalue weighted by atomic mass is 16.6. The third-order valence-corrected chi connectivity index (χ3v) is 17.6. The monoisotopic (exact) mass is 882 g/mol. The first kappa shape index (κ1) is 53.2. The molecule has 0 N–H and O–H groups in total. The van der Waals surface area contributed by atoms with Crippen LogP contribution in [-0.4, -0.2) is 89.6 Å². The van der Waals surface area contributed by atoms with Crippen molar-refractivity contribution in [1.29, 1.82) is 0 Å². The smallest absolute Gasteiger partial charge is 0.0936 e. The summed E-state index contributed by atoms with van der Waals surface area (Å²) in [6.45, 7) is 22.0. The first-order valence-electron chi connectivity index (χ1n) is 27.7. The van der Waals surface area contributed by atoms with E-state index in [4.69, 9.17) is 23.7 Å². The highest BCUT2D eigenvalue weighted by molar-refractivity contribution is 5.25. The summed E-state index contributed by atoms with van der Waals surface area (Å²) in [6, 6.07) is 0. The molecule has 6 nitrogen and oxygen atoms in total. The summed E-state index contributed by atoms with van der Waals surface area (Å²) in [5, 5.41) is 0. The highest BCUT2D eigenvalue weighted by Gasteiger charge is 2.59. The minimum Gasteiger partial charge on any atom is -0.380 e. The van der Waals surface area contributed by atoms with Crippen LogP contribution in [0.4, 0.5) is 0 Å². The van der Waals surface area contributed by atoms with E-state index in [1.54, 1.807) is 5.57 Å². The van der Waals surface area contributed by atoms with Gasteiger partial charge in [-0.1, -0.05) is 142 Å². The molecule has 63 heavy (non-hydrogen) atoms. The van der Waals surface area contributed by atoms with Gasteiger partial charge in [-0.15, -0.1) is 0 Å². The Morgan fingerprint density at radius 1 is 0.714 bits per heavy atom. The second-order valence-electron chi connectivity index (χ2n) is 22.5. The average Bonchev–Trinajstić information content (AvgIpc) is 3.89. The van der Waals surface area contributed by atoms with Crippen LogP contribution in [-0.2, 0) is 23.7 Å². The molecule has 4 fully saturated rings. The zero-order valence-electron chi connectivity index (χ0n) is 42.7. The Balaban J connectivity index is 0.917. The van der Waals surface area contributed by atoms with Crippen molar-refractivity contribution in [1.82, 2.24) is 4.90 Å². The van der Waals surface area contributed by atoms with Gasteiger partial charge in [0.15, 0.2) is 0 Å². The maximum atomic E-state index is 6.52. The number of likely N-dealkylation sites (tertiary alicyclic amines) is 1. The number of fused-ring (bicyclic) bond motifs is 5. The van der Waals surface area contributed by atoms with Crippen LogP contribution < -0.4 is 0 Å². The molecule has 0 aromatic rings. The third-order valence-electron chi connectivity index (χ3n) is 17.6. The molecular formula is C57H103NO5. The van der Waals surface area contributed by atoms with Crippen molar-refractivity contribution in [2.45, 2.75) is 227 Å². The van der Waals surface area contributed by atoms with Crippen LogP contribution in [0.3, 0.4) is 0 Å². The fourth-order valence-corrected chi connectivity index (χ4v) is 13.7. The average molecular weight is 882 g/mol. The van der Waals surface area contributed by atoms with Crippen molar-refractivity contribution in [2.75, 3.05) is 66.4 Å². The first-order valence-corrected chi connectivity index (χ1v) is 27.7. The Kier molecular flexibility index (Phi) is 24.7. The molecular weight excluding hydrogens is 779 g/mol. The van der Waals surface area contributed by atoms with Crippen molar-refractivity contribution in [3.63, 3.8) is 0 Å². The number of rotatable bonds is 34. The molecule has 4 aliphatic carbocycles. The van der Waals surface area contributed by atoms with Crippen LogP contribution in [0, 0.1) is 46.3 Å². The van der Waals surface area contributed by atoms with Crippen LogP contribution in [0.15, 0.2) is 23.8 Å². The summed E-state index contributed by atoms with van der Waals surface area (Å²) in [5.74, 6) is 5.34. The molecule has 1 saturated heterocycles. The summed E-state index contributed by atoms with van der Waals surface area (Å²) < 4.78 is 30.9. The van der Waals surface area contributed by atoms with Gasteiger partial charge in [0.25, 0.3) is 0 Å². The van der Waals surface area contributed by atoms with E-state index in [1.165, 1.54) is 148 Å². The Morgan fingerprint density at radius 3 is 2.17 bits per heavy atom. The zero-order chi connectivity index (χ0) is 44.8. The van der Waals surface area contributed by atoms with Gasteiger partial charge in [0.1, 0.15) is 0 Å². The fraction of sp³-hybridized carbons (Fsp3) is 0.930. The van der Waals surface area contributed by atoms with Crippen LogP contribution >= 0.6 is 0 Å². The lowest BCUT2D eigenvalue weighted by molar-refractivity contribution is -0.0732. The molecule has 0 radical (unpaired) electrons. The van der Waals surface area contributed by atoms with E-state index in [0.29, 0.717) is 56.1 Å². The van der Waals surface area contributed by atoms with Crippen LogP contribution in [0.25, 0.3) is 0 Å². The molecule has 6 heteroatoms. The van der Waals surface area contributed by atoms with Gasteiger partial charge < -0.3 is 23.7 Å². The Labute approximate surface area is 390 Å². The van der Waals surface area contributed by atoms with Crippen molar-refractivity contribution in [3.05, 3.63) is 23.8 Å². The van der Waals surface area contributed by atoms with Crippen molar-refractivity contribution >= 4 is 0 Å². The topological polar surface area (TPSA) is 49.4 Å². The number of hydrogen-bond donors (Lipinski definition) is 0. The number of unbranched alkanes of at least 4 members (excludes halogenated alkanes) is 12. The number of methoxy groups -OCH3 is 1. The summed E-state index contributed by atoms with van der Waals surface area (Å²) in [6.07, 6.45) is 43.0. The molecule has 0 bridgehead atoms. The van der Waals surface area contributed by atoms with Crippen LogP contribution in [0.5, 0.6) is 0 Å². The van der Waals surface area contributed by atoms with Gasteiger partial charge in [-0.3, -0.25) is 4.90 Å². The Morgan fingerprint density at radius 2 is 1.44 bits per heavy atom. The minimum absolute atomic E-state index is 0.0608. The van der Waals surface area contributed by atoms with Crippen molar-refractivity contribution < 1.29 is 23.7 Å². The molecule has 1 heterocycles. The van der Waals surface area contributed by atoms with E-state index in [9.17, 15) is 0 Å². The van der Waals surface area contributed by atoms with E-state index in [0.717, 1.165) is 81.0 Å². The lowest BCUT2D eigenvalue weighted by Crippen LogP contribution is -2.51. The number of nitrogens with zero attached hydrogens (tertiary/aromatic N) is 1. The summed E-state index contributed by atoms with van der Waals surface area (Å²) in [4.78, 5) is 2.48. The first-order chi connectivity index (χ1) is 30.7. The minimum atomic E-state index is 0.0608. The molecule has 366 valence electrons. The van der Waals surface area contributed by atoms with Crippen LogP contribution in [0.2, 0.25) is 0 Å². The predicted molar refractivity (Wildman–Crippen MR) is 265 cm³/mol. The summed E-state index contributed by atoms with van der Waals surface area (Å²) >= 11 is 0. The summed E-state index contributed by atoms with van der Waals surface area (Å²) in [5.41, 5.74) is 2.67. The van der Waals surface area contributed by atoms with Crippen molar-refractivity contribution in [3.8, 4) is 0 Å². The second kappa shape index (κ2) is 29.2. The van der Waals surface area contributed by atoms with Gasteiger partial charge in [-0.05, 0) is 136 Å². The number of hydrogen-bond acceptors (Lipinski definition) is 6. The zero-order valence-corrected chi connectivity index (χ0v) is 42.7. The Hall–Kier alpha value is -0.760. The third kappa shape index (κ3) is 17.1. The van der Waals surface area contributed by atoms with E-state index < -0.39 is 0 Å². The molecule has 5 aliphatic rings. The number of allylic oxidation sites excluding steroid dienone is 3. The molecule has 0 aromatic heterocycles. The SMILES string of the molecule is CCCCCCCC/C=C\CCCCCCCCOCC(CN1CCC(OC)C1)OCCOCCO[C@H]1CC[C@@]2(C)C(=CC[C@H]3[C@@H]4CC[C@H]([C@H](C)CCCC(C)C)[C@@]4(C)CC[C@@H]32)C1. The van der Waals surface area contributed by atoms with Gasteiger partial charge in [0, 0.05) is 33.4 Å². The molecule has 0 aromatic carbocycles. The van der Waals surface area contributed by atoms with Crippen LogP contribution in [0.1, 0.15) is 208 Å². The van der Waals surface area contributed by atoms with E-state index in [2.05, 4.69) is 64.7 Å². The maximum absolute atomic E-state index is 6.52. The fourth-order valence-electron chi connectivity index (χ4n) is 13.7. The normalized spacial score (nSPS) is 30.8. The molecule has 0 amide bonds. The van der Waals surface area contributed by atoms with Gasteiger partial charge >= 0.3 is 0 Å². The maximum Gasteiger partial charge on any atom is 0.0936 e. The van der Waals surface area contributed by atoms with Crippen molar-refractivity contribution in [2.24, 2.45) is 46.3 Å². The second-order valence-corrected chi connectivity index (χ2v) is 22.5. The quantitative estimate of drug-likeness (QED) is 0.0474. The summed E-state index contributed by atoms with van der Waals surface area (Å²) in [7, 11) is 1.83. The molecule has 1 aliphatic heterocycles. The molecule has 2 unspecified atom stereocenters. The number of ether oxygens (including phenoxy) is 5. The highest BCUT2D eigenvalue weighted by Crippen LogP contribution is 2.67. The van der Waals surface area contributed by atoms with E-state index >= 15 is 0 Å². The Bertz CT molecular complexity index is 1270. The van der Waals surface area contributed by atoms with Gasteiger partial charge in [0.2, 0.25) is 0 Å². The lowest BCUT2D eigenvalue weighted by atomic mass is 9.47. The van der Waals surface area contributed by atoms with E-state index in [-0.39, 0.29) is 6.10 Å². The predicted octanol–water partition coefficient (Wildman–Crippen LogP) is 14.6.